The molecule has 2 atom stereocenters. The van der Waals surface area contributed by atoms with Gasteiger partial charge >= 0.3 is 0 Å². The summed E-state index contributed by atoms with van der Waals surface area (Å²) in [4.78, 5) is 12.5. The van der Waals surface area contributed by atoms with Crippen LogP contribution in [-0.4, -0.2) is 43.2 Å². The predicted molar refractivity (Wildman–Crippen MR) is 96.9 cm³/mol. The highest BCUT2D eigenvalue weighted by molar-refractivity contribution is 7.99. The summed E-state index contributed by atoms with van der Waals surface area (Å²) in [6, 6.07) is 6.20. The molecule has 1 aromatic carbocycles. The topological polar surface area (TPSA) is 59.6 Å². The van der Waals surface area contributed by atoms with Crippen LogP contribution in [0.2, 0.25) is 0 Å². The van der Waals surface area contributed by atoms with Crippen LogP contribution in [-0.2, 0) is 4.79 Å². The minimum atomic E-state index is -0.0235. The molecular formula is C18H26N2O3S. The fraction of sp³-hybridized carbons (Fsp3) is 0.611. The van der Waals surface area contributed by atoms with Crippen molar-refractivity contribution >= 4 is 17.7 Å². The van der Waals surface area contributed by atoms with Gasteiger partial charge in [-0.3, -0.25) is 4.79 Å². The van der Waals surface area contributed by atoms with Crippen molar-refractivity contribution in [3.05, 3.63) is 23.8 Å². The molecule has 1 saturated heterocycles. The van der Waals surface area contributed by atoms with Crippen LogP contribution >= 0.6 is 11.8 Å². The third-order valence-corrected chi connectivity index (χ3v) is 5.47. The average Bonchev–Trinajstić information content (AvgIpc) is 2.60. The smallest absolute Gasteiger partial charge is 0.222 e. The Bertz CT molecular complexity index is 573. The highest BCUT2D eigenvalue weighted by Gasteiger charge is 2.23. The van der Waals surface area contributed by atoms with Crippen LogP contribution in [0.4, 0.5) is 0 Å². The van der Waals surface area contributed by atoms with Gasteiger partial charge in [0.15, 0.2) is 11.5 Å². The first kappa shape index (κ1) is 17.4. The number of carbonyl (C=O) groups is 1. The summed E-state index contributed by atoms with van der Waals surface area (Å²) in [5, 5.41) is 6.62. The Labute approximate surface area is 147 Å². The van der Waals surface area contributed by atoms with Crippen molar-refractivity contribution in [3.63, 3.8) is 0 Å². The van der Waals surface area contributed by atoms with E-state index < -0.39 is 0 Å². The monoisotopic (exact) mass is 350 g/mol. The number of fused-ring (bicyclic) bond motifs is 1. The summed E-state index contributed by atoms with van der Waals surface area (Å²) < 4.78 is 11.2. The SMILES string of the molecule is CC(C)C(NC(=O)CC1CSCCN1)c1ccc2c(c1)OCCO2. The number of carbonyl (C=O) groups excluding carboxylic acids is 1. The van der Waals surface area contributed by atoms with Crippen LogP contribution in [0.1, 0.15) is 31.9 Å². The van der Waals surface area contributed by atoms with Crippen molar-refractivity contribution in [2.24, 2.45) is 5.92 Å². The molecule has 5 nitrogen and oxygen atoms in total. The standard InChI is InChI=1S/C18H26N2O3S/c1-12(2)18(20-17(21)10-14-11-24-8-5-19-14)13-3-4-15-16(9-13)23-7-6-22-15/h3-4,9,12,14,18-19H,5-8,10-11H2,1-2H3,(H,20,21). The molecule has 6 heteroatoms. The van der Waals surface area contributed by atoms with E-state index in [-0.39, 0.29) is 18.0 Å². The Hall–Kier alpha value is -1.40. The Morgan fingerprint density at radius 3 is 2.83 bits per heavy atom. The van der Waals surface area contributed by atoms with E-state index in [2.05, 4.69) is 24.5 Å². The molecule has 2 aliphatic rings. The number of amides is 1. The van der Waals surface area contributed by atoms with Gasteiger partial charge in [-0.25, -0.2) is 0 Å². The van der Waals surface area contributed by atoms with Crippen LogP contribution in [0.15, 0.2) is 18.2 Å². The van der Waals surface area contributed by atoms with Crippen LogP contribution in [0.25, 0.3) is 0 Å². The van der Waals surface area contributed by atoms with Crippen molar-refractivity contribution in [2.75, 3.05) is 31.3 Å². The maximum atomic E-state index is 12.5. The molecule has 1 amide bonds. The van der Waals surface area contributed by atoms with Crippen LogP contribution < -0.4 is 20.1 Å². The molecule has 0 aromatic heterocycles. The van der Waals surface area contributed by atoms with Gasteiger partial charge < -0.3 is 20.1 Å². The molecule has 0 bridgehead atoms. The summed E-state index contributed by atoms with van der Waals surface area (Å²) in [7, 11) is 0. The van der Waals surface area contributed by atoms with Crippen molar-refractivity contribution < 1.29 is 14.3 Å². The molecule has 1 aromatic rings. The lowest BCUT2D eigenvalue weighted by Crippen LogP contribution is -2.42. The molecule has 2 heterocycles. The summed E-state index contributed by atoms with van der Waals surface area (Å²) in [6.45, 7) is 6.38. The largest absolute Gasteiger partial charge is 0.486 e. The number of nitrogens with one attached hydrogen (secondary N) is 2. The number of ether oxygens (including phenoxy) is 2. The Morgan fingerprint density at radius 2 is 2.12 bits per heavy atom. The second kappa shape index (κ2) is 8.12. The first-order chi connectivity index (χ1) is 11.6. The van der Waals surface area contributed by atoms with Gasteiger partial charge in [0.25, 0.3) is 0 Å². The molecule has 24 heavy (non-hydrogen) atoms. The molecule has 0 aliphatic carbocycles. The summed E-state index contributed by atoms with van der Waals surface area (Å²) in [5.41, 5.74) is 1.06. The van der Waals surface area contributed by atoms with Gasteiger partial charge in [0.05, 0.1) is 6.04 Å². The molecular weight excluding hydrogens is 324 g/mol. The molecule has 2 unspecified atom stereocenters. The average molecular weight is 350 g/mol. The number of hydrogen-bond acceptors (Lipinski definition) is 5. The summed E-state index contributed by atoms with van der Waals surface area (Å²) >= 11 is 1.91. The molecule has 2 N–H and O–H groups in total. The van der Waals surface area contributed by atoms with E-state index in [1.165, 1.54) is 0 Å². The van der Waals surface area contributed by atoms with Crippen molar-refractivity contribution in [3.8, 4) is 11.5 Å². The Balaban J connectivity index is 1.66. The first-order valence-corrected chi connectivity index (χ1v) is 9.79. The fourth-order valence-corrected chi connectivity index (χ4v) is 4.04. The van der Waals surface area contributed by atoms with E-state index in [4.69, 9.17) is 9.47 Å². The molecule has 0 spiro atoms. The molecule has 0 radical (unpaired) electrons. The highest BCUT2D eigenvalue weighted by atomic mass is 32.2. The van der Waals surface area contributed by atoms with Gasteiger partial charge in [0.1, 0.15) is 13.2 Å². The van der Waals surface area contributed by atoms with E-state index in [1.54, 1.807) is 0 Å². The molecule has 1 fully saturated rings. The van der Waals surface area contributed by atoms with E-state index in [0.29, 0.717) is 25.6 Å². The maximum Gasteiger partial charge on any atom is 0.222 e. The zero-order valence-electron chi connectivity index (χ0n) is 14.3. The summed E-state index contributed by atoms with van der Waals surface area (Å²) in [5.74, 6) is 4.08. The lowest BCUT2D eigenvalue weighted by atomic mass is 9.95. The van der Waals surface area contributed by atoms with Gasteiger partial charge in [0.2, 0.25) is 5.91 Å². The van der Waals surface area contributed by atoms with Crippen molar-refractivity contribution in [1.82, 2.24) is 10.6 Å². The van der Waals surface area contributed by atoms with E-state index >= 15 is 0 Å². The minimum Gasteiger partial charge on any atom is -0.486 e. The van der Waals surface area contributed by atoms with Crippen LogP contribution in [0.5, 0.6) is 11.5 Å². The van der Waals surface area contributed by atoms with Gasteiger partial charge in [-0.1, -0.05) is 19.9 Å². The Morgan fingerprint density at radius 1 is 1.33 bits per heavy atom. The van der Waals surface area contributed by atoms with E-state index in [0.717, 1.165) is 35.1 Å². The number of thioether (sulfide) groups is 1. The zero-order valence-corrected chi connectivity index (χ0v) is 15.2. The predicted octanol–water partition coefficient (Wildman–Crippen LogP) is 2.37. The molecule has 0 saturated carbocycles. The quantitative estimate of drug-likeness (QED) is 0.854. The number of hydrogen-bond donors (Lipinski definition) is 2. The third-order valence-electron chi connectivity index (χ3n) is 4.34. The lowest BCUT2D eigenvalue weighted by molar-refractivity contribution is -0.122. The van der Waals surface area contributed by atoms with Gasteiger partial charge in [-0.15, -0.1) is 0 Å². The van der Waals surface area contributed by atoms with Crippen molar-refractivity contribution in [1.29, 1.82) is 0 Å². The summed E-state index contributed by atoms with van der Waals surface area (Å²) in [6.07, 6.45) is 0.529. The van der Waals surface area contributed by atoms with E-state index in [1.807, 2.05) is 30.0 Å². The third kappa shape index (κ3) is 4.36. The second-order valence-electron chi connectivity index (χ2n) is 6.62. The van der Waals surface area contributed by atoms with Crippen molar-refractivity contribution in [2.45, 2.75) is 32.4 Å². The zero-order chi connectivity index (χ0) is 16.9. The fourth-order valence-electron chi connectivity index (χ4n) is 3.10. The van der Waals surface area contributed by atoms with E-state index in [9.17, 15) is 4.79 Å². The van der Waals surface area contributed by atoms with Gasteiger partial charge in [0, 0.05) is 30.5 Å². The number of rotatable bonds is 5. The van der Waals surface area contributed by atoms with Gasteiger partial charge in [-0.05, 0) is 23.6 Å². The maximum absolute atomic E-state index is 12.5. The number of benzene rings is 1. The molecule has 3 rings (SSSR count). The van der Waals surface area contributed by atoms with Crippen LogP contribution in [0, 0.1) is 5.92 Å². The first-order valence-electron chi connectivity index (χ1n) is 8.63. The van der Waals surface area contributed by atoms with Crippen LogP contribution in [0.3, 0.4) is 0 Å². The Kier molecular flexibility index (Phi) is 5.89. The molecule has 2 aliphatic heterocycles. The van der Waals surface area contributed by atoms with Gasteiger partial charge in [-0.2, -0.15) is 11.8 Å². The minimum absolute atomic E-state index is 0.0235. The lowest BCUT2D eigenvalue weighted by Gasteiger charge is -2.27. The second-order valence-corrected chi connectivity index (χ2v) is 7.77. The normalized spacial score (nSPS) is 21.4. The molecule has 132 valence electrons. The highest BCUT2D eigenvalue weighted by Crippen LogP contribution is 2.34.